The quantitative estimate of drug-likeness (QED) is 0.690. The second-order valence-corrected chi connectivity index (χ2v) is 9.18. The normalized spacial score (nSPS) is 16.7. The summed E-state index contributed by atoms with van der Waals surface area (Å²) in [5.41, 5.74) is 0. The van der Waals surface area contributed by atoms with Gasteiger partial charge in [-0.25, -0.2) is 16.8 Å². The van der Waals surface area contributed by atoms with Crippen LogP contribution < -0.4 is 5.32 Å². The van der Waals surface area contributed by atoms with Gasteiger partial charge >= 0.3 is 0 Å². The highest BCUT2D eigenvalue weighted by molar-refractivity contribution is 7.91. The third kappa shape index (κ3) is 6.38. The molecular weight excluding hydrogens is 262 g/mol. The first-order valence-corrected chi connectivity index (χ1v) is 9.48. The van der Waals surface area contributed by atoms with Gasteiger partial charge in [-0.1, -0.05) is 6.92 Å². The molecule has 7 heteroatoms. The van der Waals surface area contributed by atoms with Crippen LogP contribution in [0.1, 0.15) is 26.7 Å². The smallest absolute Gasteiger partial charge is 0.151 e. The van der Waals surface area contributed by atoms with Gasteiger partial charge in [-0.15, -0.1) is 0 Å². The zero-order valence-corrected chi connectivity index (χ0v) is 12.6. The largest absolute Gasteiger partial charge is 0.316 e. The molecule has 0 saturated carbocycles. The SMILES string of the molecule is CCS(=O)(=O)CCCC(NC)C(C)S(C)(=O)=O. The second kappa shape index (κ2) is 6.70. The molecule has 104 valence electrons. The zero-order valence-electron chi connectivity index (χ0n) is 10.9. The predicted molar refractivity (Wildman–Crippen MR) is 70.7 cm³/mol. The van der Waals surface area contributed by atoms with E-state index in [0.717, 1.165) is 0 Å². The van der Waals surface area contributed by atoms with Crippen molar-refractivity contribution in [3.63, 3.8) is 0 Å². The molecule has 0 fully saturated rings. The van der Waals surface area contributed by atoms with Crippen LogP contribution in [0.5, 0.6) is 0 Å². The molecule has 17 heavy (non-hydrogen) atoms. The van der Waals surface area contributed by atoms with E-state index in [9.17, 15) is 16.8 Å². The van der Waals surface area contributed by atoms with E-state index >= 15 is 0 Å². The van der Waals surface area contributed by atoms with Gasteiger partial charge in [0.15, 0.2) is 9.84 Å². The highest BCUT2D eigenvalue weighted by atomic mass is 32.2. The van der Waals surface area contributed by atoms with E-state index < -0.39 is 24.9 Å². The lowest BCUT2D eigenvalue weighted by molar-refractivity contribution is 0.486. The van der Waals surface area contributed by atoms with Gasteiger partial charge in [-0.3, -0.25) is 0 Å². The molecule has 0 aromatic rings. The highest BCUT2D eigenvalue weighted by Crippen LogP contribution is 2.11. The number of nitrogens with one attached hydrogen (secondary N) is 1. The number of hydrogen-bond acceptors (Lipinski definition) is 5. The molecule has 0 bridgehead atoms. The zero-order chi connectivity index (χ0) is 13.7. The summed E-state index contributed by atoms with van der Waals surface area (Å²) in [5, 5.41) is 2.44. The minimum Gasteiger partial charge on any atom is -0.316 e. The first kappa shape index (κ1) is 16.9. The predicted octanol–water partition coefficient (Wildman–Crippen LogP) is 0.222. The van der Waals surface area contributed by atoms with Crippen LogP contribution in [-0.2, 0) is 19.7 Å². The molecule has 0 aliphatic carbocycles. The molecule has 0 aromatic carbocycles. The maximum absolute atomic E-state index is 11.4. The molecule has 2 unspecified atom stereocenters. The molecule has 0 amide bonds. The Labute approximate surface area is 105 Å². The van der Waals surface area contributed by atoms with Crippen molar-refractivity contribution >= 4 is 19.7 Å². The van der Waals surface area contributed by atoms with Crippen LogP contribution in [0.25, 0.3) is 0 Å². The fourth-order valence-corrected chi connectivity index (χ4v) is 3.34. The molecule has 0 saturated heterocycles. The van der Waals surface area contributed by atoms with Crippen LogP contribution in [0, 0.1) is 0 Å². The van der Waals surface area contributed by atoms with Gasteiger partial charge in [0.25, 0.3) is 0 Å². The Balaban J connectivity index is 4.36. The lowest BCUT2D eigenvalue weighted by Crippen LogP contribution is -2.40. The molecule has 2 atom stereocenters. The Morgan fingerprint density at radius 3 is 2.06 bits per heavy atom. The summed E-state index contributed by atoms with van der Waals surface area (Å²) in [6, 6.07) is -0.197. The molecule has 0 radical (unpaired) electrons. The van der Waals surface area contributed by atoms with E-state index in [4.69, 9.17) is 0 Å². The van der Waals surface area contributed by atoms with E-state index in [1.807, 2.05) is 0 Å². The van der Waals surface area contributed by atoms with Gasteiger partial charge in [-0.05, 0) is 26.8 Å². The minimum atomic E-state index is -3.10. The van der Waals surface area contributed by atoms with Crippen molar-refractivity contribution in [3.8, 4) is 0 Å². The number of hydrogen-bond donors (Lipinski definition) is 1. The van der Waals surface area contributed by atoms with Crippen LogP contribution in [0.3, 0.4) is 0 Å². The van der Waals surface area contributed by atoms with Crippen molar-refractivity contribution in [2.24, 2.45) is 0 Å². The van der Waals surface area contributed by atoms with Crippen LogP contribution >= 0.6 is 0 Å². The number of rotatable bonds is 8. The summed E-state index contributed by atoms with van der Waals surface area (Å²) < 4.78 is 45.4. The fourth-order valence-electron chi connectivity index (χ4n) is 1.58. The van der Waals surface area contributed by atoms with Crippen molar-refractivity contribution in [1.29, 1.82) is 0 Å². The van der Waals surface area contributed by atoms with E-state index in [-0.39, 0.29) is 17.5 Å². The van der Waals surface area contributed by atoms with Gasteiger partial charge in [-0.2, -0.15) is 0 Å². The molecular formula is C10H23NO4S2. The standard InChI is InChI=1S/C10H23NO4S2/c1-5-17(14,15)8-6-7-10(11-3)9(2)16(4,12)13/h9-11H,5-8H2,1-4H3. The third-order valence-corrected chi connectivity index (χ3v) is 6.49. The van der Waals surface area contributed by atoms with Gasteiger partial charge in [0.05, 0.1) is 11.0 Å². The topological polar surface area (TPSA) is 80.3 Å². The van der Waals surface area contributed by atoms with E-state index in [2.05, 4.69) is 5.32 Å². The van der Waals surface area contributed by atoms with Crippen LogP contribution in [0.2, 0.25) is 0 Å². The summed E-state index contributed by atoms with van der Waals surface area (Å²) in [5.74, 6) is 0.261. The molecule has 0 aliphatic heterocycles. The molecule has 0 aromatic heterocycles. The van der Waals surface area contributed by atoms with Gasteiger partial charge in [0.2, 0.25) is 0 Å². The molecule has 5 nitrogen and oxygen atoms in total. The lowest BCUT2D eigenvalue weighted by Gasteiger charge is -2.21. The summed E-state index contributed by atoms with van der Waals surface area (Å²) in [4.78, 5) is 0. The Hall–Kier alpha value is -0.140. The Kier molecular flexibility index (Phi) is 6.65. The Morgan fingerprint density at radius 2 is 1.71 bits per heavy atom. The van der Waals surface area contributed by atoms with E-state index in [1.54, 1.807) is 20.9 Å². The summed E-state index contributed by atoms with van der Waals surface area (Å²) >= 11 is 0. The number of sulfone groups is 2. The molecule has 0 spiro atoms. The highest BCUT2D eigenvalue weighted by Gasteiger charge is 2.24. The van der Waals surface area contributed by atoms with Crippen molar-refractivity contribution in [2.45, 2.75) is 38.0 Å². The van der Waals surface area contributed by atoms with Crippen molar-refractivity contribution < 1.29 is 16.8 Å². The van der Waals surface area contributed by atoms with Gasteiger partial charge < -0.3 is 5.32 Å². The van der Waals surface area contributed by atoms with Crippen LogP contribution in [-0.4, -0.2) is 52.9 Å². The van der Waals surface area contributed by atoms with E-state index in [1.165, 1.54) is 6.26 Å². The second-order valence-electron chi connectivity index (χ2n) is 4.31. The lowest BCUT2D eigenvalue weighted by atomic mass is 10.1. The van der Waals surface area contributed by atoms with Crippen LogP contribution in [0.15, 0.2) is 0 Å². The van der Waals surface area contributed by atoms with Crippen molar-refractivity contribution in [3.05, 3.63) is 0 Å². The van der Waals surface area contributed by atoms with Gasteiger partial charge in [0, 0.05) is 18.1 Å². The Morgan fingerprint density at radius 1 is 1.18 bits per heavy atom. The maximum Gasteiger partial charge on any atom is 0.151 e. The van der Waals surface area contributed by atoms with Crippen LogP contribution in [0.4, 0.5) is 0 Å². The molecule has 1 N–H and O–H groups in total. The first-order chi connectivity index (χ1) is 7.64. The molecule has 0 rings (SSSR count). The van der Waals surface area contributed by atoms with Gasteiger partial charge in [0.1, 0.15) is 9.84 Å². The summed E-state index contributed by atoms with van der Waals surface area (Å²) in [6.07, 6.45) is 2.23. The monoisotopic (exact) mass is 285 g/mol. The first-order valence-electron chi connectivity index (χ1n) is 5.70. The van der Waals surface area contributed by atoms with E-state index in [0.29, 0.717) is 12.8 Å². The Bertz CT molecular complexity index is 414. The minimum absolute atomic E-state index is 0.123. The average molecular weight is 285 g/mol. The van der Waals surface area contributed by atoms with Crippen molar-refractivity contribution in [2.75, 3.05) is 24.8 Å². The fraction of sp³-hybridized carbons (Fsp3) is 1.00. The maximum atomic E-state index is 11.4. The average Bonchev–Trinajstić information content (AvgIpc) is 2.22. The summed E-state index contributed by atoms with van der Waals surface area (Å²) in [7, 11) is -4.36. The third-order valence-electron chi connectivity index (χ3n) is 3.02. The van der Waals surface area contributed by atoms with Crippen molar-refractivity contribution in [1.82, 2.24) is 5.32 Å². The molecule has 0 heterocycles. The summed E-state index contributed by atoms with van der Waals surface area (Å²) in [6.45, 7) is 3.26. The molecule has 0 aliphatic rings.